The van der Waals surface area contributed by atoms with E-state index in [1.165, 1.54) is 12.1 Å². The first kappa shape index (κ1) is 21.2. The quantitative estimate of drug-likeness (QED) is 0.413. The summed E-state index contributed by atoms with van der Waals surface area (Å²) in [4.78, 5) is 7.09. The Hall–Kier alpha value is -0.890. The normalized spacial score (nSPS) is 21.7. The summed E-state index contributed by atoms with van der Waals surface area (Å²) in [6, 6.07) is 7.57. The Kier molecular flexibility index (Phi) is 8.97. The van der Waals surface area contributed by atoms with E-state index in [4.69, 9.17) is 0 Å². The molecule has 0 radical (unpaired) electrons. The van der Waals surface area contributed by atoms with Crippen LogP contribution < -0.4 is 10.6 Å². The summed E-state index contributed by atoms with van der Waals surface area (Å²) in [6.45, 7) is 12.2. The van der Waals surface area contributed by atoms with Crippen molar-refractivity contribution in [3.05, 3.63) is 35.6 Å². The average molecular weight is 448 g/mol. The molecular formula is C18H30FIN4. The summed E-state index contributed by atoms with van der Waals surface area (Å²) in [7, 11) is 0. The van der Waals surface area contributed by atoms with E-state index in [0.717, 1.165) is 31.2 Å². The lowest BCUT2D eigenvalue weighted by Gasteiger charge is -2.22. The number of guanidine groups is 1. The highest BCUT2D eigenvalue weighted by Crippen LogP contribution is 2.18. The minimum atomic E-state index is -0.215. The molecule has 0 aliphatic carbocycles. The number of hydrogen-bond acceptors (Lipinski definition) is 2. The summed E-state index contributed by atoms with van der Waals surface area (Å²) < 4.78 is 13.3. The number of hydrogen-bond donors (Lipinski definition) is 2. The molecule has 2 N–H and O–H groups in total. The van der Waals surface area contributed by atoms with Gasteiger partial charge in [-0.3, -0.25) is 4.90 Å². The van der Waals surface area contributed by atoms with E-state index < -0.39 is 0 Å². The monoisotopic (exact) mass is 448 g/mol. The minimum absolute atomic E-state index is 0. The molecule has 4 nitrogen and oxygen atoms in total. The zero-order valence-corrected chi connectivity index (χ0v) is 17.4. The van der Waals surface area contributed by atoms with Crippen molar-refractivity contribution in [1.29, 1.82) is 0 Å². The van der Waals surface area contributed by atoms with E-state index in [2.05, 4.69) is 48.2 Å². The van der Waals surface area contributed by atoms with Crippen LogP contribution in [0.2, 0.25) is 0 Å². The van der Waals surface area contributed by atoms with Crippen LogP contribution in [0.4, 0.5) is 4.39 Å². The Morgan fingerprint density at radius 1 is 1.38 bits per heavy atom. The molecule has 1 aromatic rings. The molecule has 2 unspecified atom stereocenters. The SMILES string of the molecule is CCNC(=NCc1cccc(F)c1)NC1CN(C(C)C)CC1C.I. The molecule has 1 aliphatic heterocycles. The van der Waals surface area contributed by atoms with Crippen molar-refractivity contribution in [3.8, 4) is 0 Å². The summed E-state index contributed by atoms with van der Waals surface area (Å²) in [5.41, 5.74) is 0.880. The van der Waals surface area contributed by atoms with Gasteiger partial charge >= 0.3 is 0 Å². The Labute approximate surface area is 162 Å². The summed E-state index contributed by atoms with van der Waals surface area (Å²) in [6.07, 6.45) is 0. The molecular weight excluding hydrogens is 418 g/mol. The van der Waals surface area contributed by atoms with Crippen LogP contribution in [0.5, 0.6) is 0 Å². The van der Waals surface area contributed by atoms with Crippen LogP contribution >= 0.6 is 24.0 Å². The van der Waals surface area contributed by atoms with E-state index >= 15 is 0 Å². The Morgan fingerprint density at radius 2 is 2.12 bits per heavy atom. The van der Waals surface area contributed by atoms with E-state index in [-0.39, 0.29) is 29.8 Å². The van der Waals surface area contributed by atoms with Crippen molar-refractivity contribution in [2.75, 3.05) is 19.6 Å². The number of rotatable bonds is 5. The number of aliphatic imine (C=N–C) groups is 1. The van der Waals surface area contributed by atoms with Crippen molar-refractivity contribution >= 4 is 29.9 Å². The van der Waals surface area contributed by atoms with Gasteiger partial charge in [0.05, 0.1) is 6.54 Å². The van der Waals surface area contributed by atoms with E-state index in [0.29, 0.717) is 24.5 Å². The average Bonchev–Trinajstić information content (AvgIpc) is 2.86. The molecule has 1 aromatic carbocycles. The molecule has 1 fully saturated rings. The van der Waals surface area contributed by atoms with Crippen LogP contribution in [0.15, 0.2) is 29.3 Å². The maximum atomic E-state index is 13.3. The fourth-order valence-electron chi connectivity index (χ4n) is 2.92. The van der Waals surface area contributed by atoms with Gasteiger partial charge in [-0.15, -0.1) is 24.0 Å². The second-order valence-electron chi connectivity index (χ2n) is 6.60. The first-order valence-electron chi connectivity index (χ1n) is 8.53. The Balaban J connectivity index is 0.00000288. The third-order valence-electron chi connectivity index (χ3n) is 4.35. The molecule has 2 atom stereocenters. The number of likely N-dealkylation sites (tertiary alicyclic amines) is 1. The lowest BCUT2D eigenvalue weighted by Crippen LogP contribution is -2.46. The first-order valence-corrected chi connectivity index (χ1v) is 8.53. The lowest BCUT2D eigenvalue weighted by atomic mass is 10.1. The van der Waals surface area contributed by atoms with Gasteiger partial charge in [0.1, 0.15) is 5.82 Å². The van der Waals surface area contributed by atoms with Gasteiger partial charge in [-0.25, -0.2) is 9.38 Å². The van der Waals surface area contributed by atoms with Gasteiger partial charge in [0.2, 0.25) is 0 Å². The zero-order chi connectivity index (χ0) is 16.8. The highest BCUT2D eigenvalue weighted by molar-refractivity contribution is 14.0. The summed E-state index contributed by atoms with van der Waals surface area (Å²) in [5, 5.41) is 6.83. The molecule has 6 heteroatoms. The number of halogens is 2. The number of nitrogens with one attached hydrogen (secondary N) is 2. The van der Waals surface area contributed by atoms with Crippen LogP contribution in [0, 0.1) is 11.7 Å². The molecule has 136 valence electrons. The van der Waals surface area contributed by atoms with Gasteiger partial charge in [-0.2, -0.15) is 0 Å². The molecule has 0 aromatic heterocycles. The molecule has 1 saturated heterocycles. The van der Waals surface area contributed by atoms with Crippen molar-refractivity contribution in [3.63, 3.8) is 0 Å². The largest absolute Gasteiger partial charge is 0.357 e. The molecule has 2 rings (SSSR count). The van der Waals surface area contributed by atoms with Gasteiger partial charge in [0.25, 0.3) is 0 Å². The van der Waals surface area contributed by atoms with Crippen molar-refractivity contribution in [2.45, 2.75) is 46.3 Å². The van der Waals surface area contributed by atoms with Gasteiger partial charge in [0, 0.05) is 31.7 Å². The second kappa shape index (κ2) is 10.2. The highest BCUT2D eigenvalue weighted by atomic mass is 127. The van der Waals surface area contributed by atoms with Crippen LogP contribution in [-0.4, -0.2) is 42.6 Å². The van der Waals surface area contributed by atoms with Crippen molar-refractivity contribution in [1.82, 2.24) is 15.5 Å². The van der Waals surface area contributed by atoms with E-state index in [1.54, 1.807) is 6.07 Å². The maximum Gasteiger partial charge on any atom is 0.191 e. The third-order valence-corrected chi connectivity index (χ3v) is 4.35. The van der Waals surface area contributed by atoms with Crippen molar-refractivity contribution in [2.24, 2.45) is 10.9 Å². The fraction of sp³-hybridized carbons (Fsp3) is 0.611. The Bertz CT molecular complexity index is 536. The molecule has 0 spiro atoms. The summed E-state index contributed by atoms with van der Waals surface area (Å²) in [5.74, 6) is 1.17. The fourth-order valence-corrected chi connectivity index (χ4v) is 2.92. The molecule has 0 saturated carbocycles. The lowest BCUT2D eigenvalue weighted by molar-refractivity contribution is 0.265. The van der Waals surface area contributed by atoms with Gasteiger partial charge in [-0.05, 0) is 44.4 Å². The highest BCUT2D eigenvalue weighted by Gasteiger charge is 2.31. The zero-order valence-electron chi connectivity index (χ0n) is 15.1. The standard InChI is InChI=1S/C18H29FN4.HI/c1-5-20-18(21-10-15-7-6-8-16(19)9-15)22-17-12-23(13(2)3)11-14(17)4;/h6-9,13-14,17H,5,10-12H2,1-4H3,(H2,20,21,22);1H. The van der Waals surface area contributed by atoms with E-state index in [1.807, 2.05) is 6.07 Å². The topological polar surface area (TPSA) is 39.7 Å². The van der Waals surface area contributed by atoms with Crippen molar-refractivity contribution < 1.29 is 4.39 Å². The summed E-state index contributed by atoms with van der Waals surface area (Å²) >= 11 is 0. The van der Waals surface area contributed by atoms with Crippen LogP contribution in [0.3, 0.4) is 0 Å². The molecule has 24 heavy (non-hydrogen) atoms. The number of nitrogens with zero attached hydrogens (tertiary/aromatic N) is 2. The molecule has 0 amide bonds. The second-order valence-corrected chi connectivity index (χ2v) is 6.60. The molecule has 0 bridgehead atoms. The van der Waals surface area contributed by atoms with Gasteiger partial charge in [-0.1, -0.05) is 19.1 Å². The maximum absolute atomic E-state index is 13.3. The predicted octanol–water partition coefficient (Wildman–Crippen LogP) is 3.23. The van der Waals surface area contributed by atoms with Crippen LogP contribution in [0.1, 0.15) is 33.3 Å². The van der Waals surface area contributed by atoms with Gasteiger partial charge < -0.3 is 10.6 Å². The third kappa shape index (κ3) is 6.20. The van der Waals surface area contributed by atoms with Gasteiger partial charge in [0.15, 0.2) is 5.96 Å². The van der Waals surface area contributed by atoms with Crippen LogP contribution in [-0.2, 0) is 6.54 Å². The van der Waals surface area contributed by atoms with E-state index in [9.17, 15) is 4.39 Å². The predicted molar refractivity (Wildman–Crippen MR) is 109 cm³/mol. The molecule has 1 heterocycles. The number of benzene rings is 1. The Morgan fingerprint density at radius 3 is 2.71 bits per heavy atom. The first-order chi connectivity index (χ1) is 11.0. The minimum Gasteiger partial charge on any atom is -0.357 e. The van der Waals surface area contributed by atoms with Crippen LogP contribution in [0.25, 0.3) is 0 Å². The molecule has 1 aliphatic rings. The smallest absolute Gasteiger partial charge is 0.191 e.